The number of nitrogens with zero attached hydrogens (tertiary/aromatic N) is 4. The Morgan fingerprint density at radius 1 is 1.09 bits per heavy atom. The first-order valence-corrected chi connectivity index (χ1v) is 11.1. The Balaban J connectivity index is 1.57. The average molecular weight is 459 g/mol. The Labute approximate surface area is 193 Å². The van der Waals surface area contributed by atoms with Crippen molar-refractivity contribution in [3.63, 3.8) is 0 Å². The first-order valence-electron chi connectivity index (χ1n) is 10.7. The number of piperazine rings is 1. The summed E-state index contributed by atoms with van der Waals surface area (Å²) in [4.78, 5) is 28.2. The van der Waals surface area contributed by atoms with Crippen molar-refractivity contribution < 1.29 is 14.3 Å². The van der Waals surface area contributed by atoms with E-state index in [1.54, 1.807) is 27.6 Å². The number of anilines is 2. The van der Waals surface area contributed by atoms with Crippen LogP contribution in [-0.4, -0.2) is 69.5 Å². The van der Waals surface area contributed by atoms with Crippen LogP contribution in [0.25, 0.3) is 0 Å². The summed E-state index contributed by atoms with van der Waals surface area (Å²) in [6.45, 7) is 9.69. The summed E-state index contributed by atoms with van der Waals surface area (Å²) in [7, 11) is 0. The highest BCUT2D eigenvalue weighted by molar-refractivity contribution is 7.80. The minimum absolute atomic E-state index is 0.0390. The molecule has 1 aromatic carbocycles. The third-order valence-corrected chi connectivity index (χ3v) is 5.55. The zero-order valence-electron chi connectivity index (χ0n) is 18.9. The van der Waals surface area contributed by atoms with Crippen molar-refractivity contribution in [1.29, 1.82) is 0 Å². The van der Waals surface area contributed by atoms with Gasteiger partial charge in [-0.1, -0.05) is 17.7 Å². The van der Waals surface area contributed by atoms with Gasteiger partial charge in [-0.05, 0) is 52.0 Å². The van der Waals surface area contributed by atoms with E-state index in [0.717, 1.165) is 17.1 Å². The minimum Gasteiger partial charge on any atom is -0.450 e. The molecule has 1 aliphatic rings. The molecule has 1 atom stereocenters. The van der Waals surface area contributed by atoms with Crippen molar-refractivity contribution in [1.82, 2.24) is 19.6 Å². The van der Waals surface area contributed by atoms with Crippen molar-refractivity contribution in [3.05, 3.63) is 41.7 Å². The number of aryl methyl sites for hydroxylation is 2. The van der Waals surface area contributed by atoms with Crippen molar-refractivity contribution in [3.8, 4) is 0 Å². The van der Waals surface area contributed by atoms with E-state index in [4.69, 9.17) is 17.0 Å². The standard InChI is InChI=1S/C22H30N6O3S/c1-5-31-22(30)27-12-10-26(11-13-27)20(29)17(4)28-14-19(16(3)25-28)24-21(32)23-18-8-6-15(2)7-9-18/h6-9,14,17H,5,10-13H2,1-4H3,(H2,23,24,32). The quantitative estimate of drug-likeness (QED) is 0.665. The van der Waals surface area contributed by atoms with E-state index in [0.29, 0.717) is 37.9 Å². The fourth-order valence-electron chi connectivity index (χ4n) is 3.43. The molecule has 0 radical (unpaired) electrons. The van der Waals surface area contributed by atoms with Gasteiger partial charge in [0, 0.05) is 38.1 Å². The van der Waals surface area contributed by atoms with Gasteiger partial charge in [0.15, 0.2) is 5.11 Å². The van der Waals surface area contributed by atoms with Crippen LogP contribution in [0.2, 0.25) is 0 Å². The zero-order valence-corrected chi connectivity index (χ0v) is 19.7. The molecule has 2 heterocycles. The highest BCUT2D eigenvalue weighted by Crippen LogP contribution is 2.19. The van der Waals surface area contributed by atoms with Crippen LogP contribution in [0.4, 0.5) is 16.2 Å². The fraction of sp³-hybridized carbons (Fsp3) is 0.455. The van der Waals surface area contributed by atoms with Crippen LogP contribution in [0.15, 0.2) is 30.5 Å². The lowest BCUT2D eigenvalue weighted by Crippen LogP contribution is -2.52. The molecule has 2 aromatic rings. The molecule has 3 rings (SSSR count). The molecule has 172 valence electrons. The second kappa shape index (κ2) is 10.4. The summed E-state index contributed by atoms with van der Waals surface area (Å²) in [5.74, 6) is -0.0390. The first kappa shape index (κ1) is 23.5. The van der Waals surface area contributed by atoms with Crippen LogP contribution in [0.3, 0.4) is 0 Å². The van der Waals surface area contributed by atoms with Gasteiger partial charge in [-0.2, -0.15) is 5.10 Å². The maximum Gasteiger partial charge on any atom is 0.409 e. The zero-order chi connectivity index (χ0) is 23.3. The summed E-state index contributed by atoms with van der Waals surface area (Å²) in [5, 5.41) is 11.2. The number of carbonyl (C=O) groups excluding carboxylic acids is 2. The van der Waals surface area contributed by atoms with Crippen LogP contribution in [-0.2, 0) is 9.53 Å². The lowest BCUT2D eigenvalue weighted by atomic mass is 10.2. The lowest BCUT2D eigenvalue weighted by Gasteiger charge is -2.35. The first-order chi connectivity index (χ1) is 15.3. The lowest BCUT2D eigenvalue weighted by molar-refractivity contribution is -0.136. The molecule has 9 nitrogen and oxygen atoms in total. The summed E-state index contributed by atoms with van der Waals surface area (Å²) < 4.78 is 6.68. The summed E-state index contributed by atoms with van der Waals surface area (Å²) in [5.41, 5.74) is 3.54. The van der Waals surface area contributed by atoms with E-state index in [-0.39, 0.29) is 12.0 Å². The van der Waals surface area contributed by atoms with Crippen LogP contribution in [0.1, 0.15) is 31.1 Å². The molecule has 10 heteroatoms. The molecule has 2 N–H and O–H groups in total. The van der Waals surface area contributed by atoms with Crippen molar-refractivity contribution in [2.75, 3.05) is 43.4 Å². The molecule has 0 spiro atoms. The van der Waals surface area contributed by atoms with Crippen molar-refractivity contribution in [2.24, 2.45) is 0 Å². The van der Waals surface area contributed by atoms with Crippen molar-refractivity contribution in [2.45, 2.75) is 33.7 Å². The van der Waals surface area contributed by atoms with Gasteiger partial charge in [-0.3, -0.25) is 9.48 Å². The number of carbonyl (C=O) groups is 2. The predicted molar refractivity (Wildman–Crippen MR) is 128 cm³/mol. The molecular formula is C22H30N6O3S. The molecule has 32 heavy (non-hydrogen) atoms. The van der Waals surface area contributed by atoms with Crippen LogP contribution < -0.4 is 10.6 Å². The molecule has 1 aliphatic heterocycles. The van der Waals surface area contributed by atoms with E-state index in [1.807, 2.05) is 45.0 Å². The summed E-state index contributed by atoms with van der Waals surface area (Å²) >= 11 is 5.41. The molecule has 1 saturated heterocycles. The highest BCUT2D eigenvalue weighted by Gasteiger charge is 2.28. The van der Waals surface area contributed by atoms with E-state index in [2.05, 4.69) is 15.7 Å². The maximum absolute atomic E-state index is 13.0. The van der Waals surface area contributed by atoms with Gasteiger partial charge in [-0.25, -0.2) is 4.79 Å². The Morgan fingerprint density at radius 2 is 1.72 bits per heavy atom. The molecular weight excluding hydrogens is 428 g/mol. The maximum atomic E-state index is 13.0. The summed E-state index contributed by atoms with van der Waals surface area (Å²) in [6.07, 6.45) is 1.46. The van der Waals surface area contributed by atoms with Crippen LogP contribution in [0, 0.1) is 13.8 Å². The van der Waals surface area contributed by atoms with E-state index in [1.165, 1.54) is 5.56 Å². The van der Waals surface area contributed by atoms with E-state index >= 15 is 0 Å². The van der Waals surface area contributed by atoms with E-state index < -0.39 is 6.04 Å². The third-order valence-electron chi connectivity index (χ3n) is 5.35. The molecule has 1 fully saturated rings. The Morgan fingerprint density at radius 3 is 2.34 bits per heavy atom. The molecule has 1 aromatic heterocycles. The smallest absolute Gasteiger partial charge is 0.409 e. The fourth-order valence-corrected chi connectivity index (χ4v) is 3.65. The largest absolute Gasteiger partial charge is 0.450 e. The topological polar surface area (TPSA) is 91.7 Å². The molecule has 0 bridgehead atoms. The van der Waals surface area contributed by atoms with Crippen molar-refractivity contribution >= 4 is 40.7 Å². The number of amides is 2. The molecule has 0 saturated carbocycles. The number of rotatable bonds is 5. The van der Waals surface area contributed by atoms with Gasteiger partial charge >= 0.3 is 6.09 Å². The monoisotopic (exact) mass is 458 g/mol. The third kappa shape index (κ3) is 5.76. The molecule has 0 aliphatic carbocycles. The second-order valence-electron chi connectivity index (χ2n) is 7.74. The number of nitrogens with one attached hydrogen (secondary N) is 2. The minimum atomic E-state index is -0.475. The number of aromatic nitrogens is 2. The summed E-state index contributed by atoms with van der Waals surface area (Å²) in [6, 6.07) is 7.46. The second-order valence-corrected chi connectivity index (χ2v) is 8.15. The SMILES string of the molecule is CCOC(=O)N1CCN(C(=O)C(C)n2cc(NC(=S)Nc3ccc(C)cc3)c(C)n2)CC1. The highest BCUT2D eigenvalue weighted by atomic mass is 32.1. The van der Waals surface area contributed by atoms with Gasteiger partial charge < -0.3 is 25.2 Å². The Hall–Kier alpha value is -3.14. The normalized spacial score (nSPS) is 14.6. The van der Waals surface area contributed by atoms with Crippen LogP contribution in [0.5, 0.6) is 0 Å². The van der Waals surface area contributed by atoms with Gasteiger partial charge in [0.2, 0.25) is 5.91 Å². The number of benzene rings is 1. The van der Waals surface area contributed by atoms with Gasteiger partial charge in [0.1, 0.15) is 6.04 Å². The van der Waals surface area contributed by atoms with Gasteiger partial charge in [0.05, 0.1) is 18.0 Å². The van der Waals surface area contributed by atoms with Crippen LogP contribution >= 0.6 is 12.2 Å². The number of hydrogen-bond donors (Lipinski definition) is 2. The van der Waals surface area contributed by atoms with Gasteiger partial charge in [-0.15, -0.1) is 0 Å². The number of thiocarbonyl (C=S) groups is 1. The molecule has 1 unspecified atom stereocenters. The van der Waals surface area contributed by atoms with Gasteiger partial charge in [0.25, 0.3) is 0 Å². The number of hydrogen-bond acceptors (Lipinski definition) is 5. The average Bonchev–Trinajstić information content (AvgIpc) is 3.14. The number of ether oxygens (including phenoxy) is 1. The van der Waals surface area contributed by atoms with E-state index in [9.17, 15) is 9.59 Å². The predicted octanol–water partition coefficient (Wildman–Crippen LogP) is 3.17. The Bertz CT molecular complexity index is 967. The Kier molecular flexibility index (Phi) is 7.68. The molecule has 2 amide bonds.